The average molecular weight is 327 g/mol. The first-order valence-corrected chi connectivity index (χ1v) is 8.39. The summed E-state index contributed by atoms with van der Waals surface area (Å²) in [6.45, 7) is 2.55. The lowest BCUT2D eigenvalue weighted by Crippen LogP contribution is -2.24. The van der Waals surface area contributed by atoms with Crippen LogP contribution in [0.3, 0.4) is 0 Å². The lowest BCUT2D eigenvalue weighted by molar-refractivity contribution is 0.0904. The van der Waals surface area contributed by atoms with Crippen molar-refractivity contribution >= 4 is 0 Å². The van der Waals surface area contributed by atoms with Crippen LogP contribution in [0.4, 0.5) is 0 Å². The quantitative estimate of drug-likeness (QED) is 0.844. The van der Waals surface area contributed by atoms with Gasteiger partial charge in [-0.1, -0.05) is 30.3 Å². The molecule has 0 aromatic heterocycles. The number of rotatable bonds is 7. The third-order valence-corrected chi connectivity index (χ3v) is 4.49. The molecule has 0 spiro atoms. The van der Waals surface area contributed by atoms with Gasteiger partial charge in [0, 0.05) is 31.7 Å². The first-order chi connectivity index (χ1) is 11.8. The minimum absolute atomic E-state index is 0.193. The van der Waals surface area contributed by atoms with E-state index >= 15 is 0 Å². The van der Waals surface area contributed by atoms with Gasteiger partial charge in [-0.25, -0.2) is 0 Å². The second-order valence-corrected chi connectivity index (χ2v) is 6.10. The topological polar surface area (TPSA) is 39.7 Å². The van der Waals surface area contributed by atoms with E-state index in [0.717, 1.165) is 43.2 Å². The highest BCUT2D eigenvalue weighted by Gasteiger charge is 2.28. The van der Waals surface area contributed by atoms with Crippen molar-refractivity contribution < 1.29 is 14.2 Å². The van der Waals surface area contributed by atoms with Gasteiger partial charge in [-0.05, 0) is 29.7 Å². The van der Waals surface area contributed by atoms with Gasteiger partial charge in [0.2, 0.25) is 0 Å². The van der Waals surface area contributed by atoms with Gasteiger partial charge in [-0.3, -0.25) is 0 Å². The number of benzene rings is 2. The number of nitrogens with one attached hydrogen (secondary N) is 1. The smallest absolute Gasteiger partial charge is 0.122 e. The Bertz CT molecular complexity index is 622. The fourth-order valence-corrected chi connectivity index (χ4v) is 3.22. The van der Waals surface area contributed by atoms with E-state index in [9.17, 15) is 0 Å². The maximum absolute atomic E-state index is 5.95. The third-order valence-electron chi connectivity index (χ3n) is 4.49. The van der Waals surface area contributed by atoms with E-state index in [-0.39, 0.29) is 6.10 Å². The van der Waals surface area contributed by atoms with Gasteiger partial charge in [-0.2, -0.15) is 0 Å². The summed E-state index contributed by atoms with van der Waals surface area (Å²) >= 11 is 0. The molecule has 1 heterocycles. The van der Waals surface area contributed by atoms with Crippen LogP contribution < -0.4 is 14.8 Å². The molecule has 24 heavy (non-hydrogen) atoms. The minimum Gasteiger partial charge on any atom is -0.497 e. The van der Waals surface area contributed by atoms with Crippen molar-refractivity contribution in [2.45, 2.75) is 19.1 Å². The Balaban J connectivity index is 1.58. The van der Waals surface area contributed by atoms with Gasteiger partial charge in [0.1, 0.15) is 11.5 Å². The fraction of sp³-hybridized carbons (Fsp3) is 0.400. The fourth-order valence-electron chi connectivity index (χ4n) is 3.22. The van der Waals surface area contributed by atoms with E-state index in [1.807, 2.05) is 24.3 Å². The molecule has 4 heteroatoms. The van der Waals surface area contributed by atoms with Crippen molar-refractivity contribution in [3.8, 4) is 11.5 Å². The van der Waals surface area contributed by atoms with E-state index in [1.165, 1.54) is 5.56 Å². The SMILES string of the molecule is COc1cc(CNC[C@H]2CCO[C@@H]2c2ccccc2)cc(OC)c1. The molecule has 0 radical (unpaired) electrons. The zero-order valence-electron chi connectivity index (χ0n) is 14.3. The van der Waals surface area contributed by atoms with Gasteiger partial charge in [0.25, 0.3) is 0 Å². The van der Waals surface area contributed by atoms with E-state index in [4.69, 9.17) is 14.2 Å². The van der Waals surface area contributed by atoms with Gasteiger partial charge >= 0.3 is 0 Å². The van der Waals surface area contributed by atoms with E-state index < -0.39 is 0 Å². The molecule has 2 aromatic carbocycles. The molecule has 128 valence electrons. The van der Waals surface area contributed by atoms with Crippen LogP contribution in [0.25, 0.3) is 0 Å². The second kappa shape index (κ2) is 8.18. The molecule has 1 aliphatic heterocycles. The van der Waals surface area contributed by atoms with E-state index in [1.54, 1.807) is 14.2 Å². The number of hydrogen-bond acceptors (Lipinski definition) is 4. The van der Waals surface area contributed by atoms with Crippen molar-refractivity contribution in [2.24, 2.45) is 5.92 Å². The van der Waals surface area contributed by atoms with Gasteiger partial charge in [-0.15, -0.1) is 0 Å². The Kier molecular flexibility index (Phi) is 5.72. The van der Waals surface area contributed by atoms with Crippen molar-refractivity contribution in [2.75, 3.05) is 27.4 Å². The minimum atomic E-state index is 0.193. The molecule has 0 unspecified atom stereocenters. The summed E-state index contributed by atoms with van der Waals surface area (Å²) in [5.74, 6) is 2.13. The summed E-state index contributed by atoms with van der Waals surface area (Å²) in [5.41, 5.74) is 2.42. The maximum Gasteiger partial charge on any atom is 0.122 e. The number of hydrogen-bond donors (Lipinski definition) is 1. The standard InChI is InChI=1S/C20H25NO3/c1-22-18-10-15(11-19(12-18)23-2)13-21-14-17-8-9-24-20(17)16-6-4-3-5-7-16/h3-7,10-12,17,20-21H,8-9,13-14H2,1-2H3/t17-,20-/m1/s1. The maximum atomic E-state index is 5.95. The van der Waals surface area contributed by atoms with Crippen LogP contribution in [0.2, 0.25) is 0 Å². The zero-order valence-corrected chi connectivity index (χ0v) is 14.3. The lowest BCUT2D eigenvalue weighted by atomic mass is 9.95. The van der Waals surface area contributed by atoms with Crippen LogP contribution in [-0.4, -0.2) is 27.4 Å². The molecule has 2 aromatic rings. The predicted molar refractivity (Wildman–Crippen MR) is 94.5 cm³/mol. The molecule has 2 atom stereocenters. The molecule has 0 amide bonds. The number of ether oxygens (including phenoxy) is 3. The summed E-state index contributed by atoms with van der Waals surface area (Å²) < 4.78 is 16.6. The molecule has 1 fully saturated rings. The van der Waals surface area contributed by atoms with Gasteiger partial charge < -0.3 is 19.5 Å². The zero-order chi connectivity index (χ0) is 16.8. The molecule has 0 aliphatic carbocycles. The van der Waals surface area contributed by atoms with Crippen LogP contribution >= 0.6 is 0 Å². The Morgan fingerprint density at radius 1 is 1.04 bits per heavy atom. The monoisotopic (exact) mass is 327 g/mol. The Labute approximate surface area is 143 Å². The summed E-state index contributed by atoms with van der Waals surface area (Å²) in [7, 11) is 3.35. The predicted octanol–water partition coefficient (Wildman–Crippen LogP) is 3.57. The summed E-state index contributed by atoms with van der Waals surface area (Å²) in [4.78, 5) is 0. The molecule has 0 saturated carbocycles. The van der Waals surface area contributed by atoms with E-state index in [0.29, 0.717) is 5.92 Å². The Hall–Kier alpha value is -2.04. The molecule has 4 nitrogen and oxygen atoms in total. The third kappa shape index (κ3) is 4.08. The largest absolute Gasteiger partial charge is 0.497 e. The second-order valence-electron chi connectivity index (χ2n) is 6.10. The Morgan fingerprint density at radius 2 is 1.75 bits per heavy atom. The molecule has 1 aliphatic rings. The highest BCUT2D eigenvalue weighted by molar-refractivity contribution is 5.38. The first-order valence-electron chi connectivity index (χ1n) is 8.39. The van der Waals surface area contributed by atoms with Crippen molar-refractivity contribution in [1.82, 2.24) is 5.32 Å². The molecule has 3 rings (SSSR count). The molecular formula is C20H25NO3. The molecular weight excluding hydrogens is 302 g/mol. The van der Waals surface area contributed by atoms with Crippen molar-refractivity contribution in [3.63, 3.8) is 0 Å². The van der Waals surface area contributed by atoms with Crippen LogP contribution in [0.5, 0.6) is 11.5 Å². The van der Waals surface area contributed by atoms with Gasteiger partial charge in [0.15, 0.2) is 0 Å². The lowest BCUT2D eigenvalue weighted by Gasteiger charge is -2.19. The van der Waals surface area contributed by atoms with Crippen LogP contribution in [0.1, 0.15) is 23.7 Å². The first kappa shape index (κ1) is 16.8. The summed E-state index contributed by atoms with van der Waals surface area (Å²) in [6, 6.07) is 16.5. The van der Waals surface area contributed by atoms with E-state index in [2.05, 4.69) is 29.6 Å². The average Bonchev–Trinajstić information content (AvgIpc) is 3.10. The summed E-state index contributed by atoms with van der Waals surface area (Å²) in [5, 5.41) is 3.55. The van der Waals surface area contributed by atoms with Crippen LogP contribution in [-0.2, 0) is 11.3 Å². The molecule has 1 N–H and O–H groups in total. The normalized spacial score (nSPS) is 20.1. The van der Waals surface area contributed by atoms with Gasteiger partial charge in [0.05, 0.1) is 20.3 Å². The van der Waals surface area contributed by atoms with Crippen molar-refractivity contribution in [3.05, 3.63) is 59.7 Å². The highest BCUT2D eigenvalue weighted by atomic mass is 16.5. The Morgan fingerprint density at radius 3 is 2.42 bits per heavy atom. The molecule has 0 bridgehead atoms. The van der Waals surface area contributed by atoms with Crippen LogP contribution in [0, 0.1) is 5.92 Å². The van der Waals surface area contributed by atoms with Crippen molar-refractivity contribution in [1.29, 1.82) is 0 Å². The highest BCUT2D eigenvalue weighted by Crippen LogP contribution is 2.34. The number of methoxy groups -OCH3 is 2. The molecule has 1 saturated heterocycles. The van der Waals surface area contributed by atoms with Crippen LogP contribution in [0.15, 0.2) is 48.5 Å². The summed E-state index contributed by atoms with van der Waals surface area (Å²) in [6.07, 6.45) is 1.28.